The average Bonchev–Trinajstić information content (AvgIpc) is 2.63. The molecular weight excluding hydrogens is 228 g/mol. The number of aliphatic hydroxyl groups is 2. The molecule has 2 atom stereocenters. The van der Waals surface area contributed by atoms with E-state index in [9.17, 15) is 14.7 Å². The lowest BCUT2D eigenvalue weighted by molar-refractivity contribution is -0.153. The number of carboxylic acid groups (broad SMARTS) is 2. The summed E-state index contributed by atoms with van der Waals surface area (Å²) in [6.45, 7) is 0. The Balaban J connectivity index is 3.00. The third-order valence-electron chi connectivity index (χ3n) is 1.55. The number of nitrogens with zero attached hydrogens (tertiary/aromatic N) is 2. The summed E-state index contributed by atoms with van der Waals surface area (Å²) in [6.07, 6.45) is -4.04. The number of aliphatic carboxylic acids is 1. The van der Waals surface area contributed by atoms with E-state index in [-0.39, 0.29) is 0 Å². The van der Waals surface area contributed by atoms with Gasteiger partial charge in [0.05, 0.1) is 11.7 Å². The van der Waals surface area contributed by atoms with Gasteiger partial charge in [-0.3, -0.25) is 0 Å². The van der Waals surface area contributed by atoms with Gasteiger partial charge in [-0.15, -0.1) is 0 Å². The molecule has 1 aromatic rings. The number of carbonyl (C=O) groups is 2. The Hall–Kier alpha value is -1.58. The standard InChI is InChI=1S/C6H6N2O6S/c9-3(4(10)6(13)14)1-2(5(11)12)8-15-7-1/h3-4,9-10H,(H,11,12)(H,13,14)/t3-,4-/m0/s1. The summed E-state index contributed by atoms with van der Waals surface area (Å²) >= 11 is 0.507. The summed E-state index contributed by atoms with van der Waals surface area (Å²) in [4.78, 5) is 20.9. The first kappa shape index (κ1) is 11.5. The summed E-state index contributed by atoms with van der Waals surface area (Å²) < 4.78 is 6.76. The van der Waals surface area contributed by atoms with Crippen LogP contribution in [-0.4, -0.2) is 47.2 Å². The zero-order valence-electron chi connectivity index (χ0n) is 7.06. The van der Waals surface area contributed by atoms with Crippen molar-refractivity contribution < 1.29 is 30.0 Å². The van der Waals surface area contributed by atoms with E-state index in [4.69, 9.17) is 15.3 Å². The van der Waals surface area contributed by atoms with E-state index in [0.29, 0.717) is 11.7 Å². The molecule has 4 N–H and O–H groups in total. The Bertz CT molecular complexity index is 391. The predicted molar refractivity (Wildman–Crippen MR) is 45.5 cm³/mol. The van der Waals surface area contributed by atoms with E-state index in [0.717, 1.165) is 0 Å². The van der Waals surface area contributed by atoms with Crippen LogP contribution in [0.2, 0.25) is 0 Å². The van der Waals surface area contributed by atoms with Crippen LogP contribution in [0.5, 0.6) is 0 Å². The summed E-state index contributed by atoms with van der Waals surface area (Å²) in [5.74, 6) is -3.12. The van der Waals surface area contributed by atoms with Crippen molar-refractivity contribution >= 4 is 23.7 Å². The maximum Gasteiger partial charge on any atom is 0.357 e. The predicted octanol–water partition coefficient (Wildman–Crippen LogP) is -1.28. The SMILES string of the molecule is O=C(O)c1nsnc1[C@H](O)[C@H](O)C(=O)O. The summed E-state index contributed by atoms with van der Waals surface area (Å²) in [5.41, 5.74) is -1.02. The van der Waals surface area contributed by atoms with Crippen LogP contribution >= 0.6 is 11.7 Å². The lowest BCUT2D eigenvalue weighted by Crippen LogP contribution is -2.28. The van der Waals surface area contributed by atoms with Gasteiger partial charge < -0.3 is 20.4 Å². The Labute approximate surface area is 86.8 Å². The largest absolute Gasteiger partial charge is 0.479 e. The molecule has 1 heterocycles. The molecule has 0 spiro atoms. The van der Waals surface area contributed by atoms with Crippen molar-refractivity contribution in [2.24, 2.45) is 0 Å². The molecule has 0 aliphatic rings. The first-order chi connectivity index (χ1) is 6.95. The first-order valence-electron chi connectivity index (χ1n) is 3.59. The van der Waals surface area contributed by atoms with Crippen LogP contribution in [0.15, 0.2) is 0 Å². The molecule has 0 bridgehead atoms. The van der Waals surface area contributed by atoms with Gasteiger partial charge in [-0.2, -0.15) is 8.75 Å². The van der Waals surface area contributed by atoms with E-state index < -0.39 is 35.5 Å². The van der Waals surface area contributed by atoms with E-state index in [1.54, 1.807) is 0 Å². The van der Waals surface area contributed by atoms with Gasteiger partial charge in [0.25, 0.3) is 0 Å². The maximum absolute atomic E-state index is 10.5. The lowest BCUT2D eigenvalue weighted by atomic mass is 10.1. The summed E-state index contributed by atoms with van der Waals surface area (Å²) in [5, 5.41) is 35.2. The number of hydrogen-bond donors (Lipinski definition) is 4. The minimum Gasteiger partial charge on any atom is -0.479 e. The van der Waals surface area contributed by atoms with Crippen molar-refractivity contribution in [3.8, 4) is 0 Å². The van der Waals surface area contributed by atoms with E-state index >= 15 is 0 Å². The van der Waals surface area contributed by atoms with E-state index in [1.165, 1.54) is 0 Å². The molecule has 0 amide bonds. The zero-order valence-corrected chi connectivity index (χ0v) is 7.88. The minimum absolute atomic E-state index is 0.456. The van der Waals surface area contributed by atoms with Gasteiger partial charge >= 0.3 is 11.9 Å². The fraction of sp³-hybridized carbons (Fsp3) is 0.333. The molecule has 0 saturated heterocycles. The Morgan fingerprint density at radius 2 is 1.80 bits per heavy atom. The number of aromatic nitrogens is 2. The Morgan fingerprint density at radius 1 is 1.20 bits per heavy atom. The Morgan fingerprint density at radius 3 is 2.27 bits per heavy atom. The van der Waals surface area contributed by atoms with Crippen LogP contribution in [0.25, 0.3) is 0 Å². The molecule has 0 aliphatic carbocycles. The molecule has 15 heavy (non-hydrogen) atoms. The number of hydrogen-bond acceptors (Lipinski definition) is 7. The third-order valence-corrected chi connectivity index (χ3v) is 2.09. The molecule has 0 aliphatic heterocycles. The molecule has 9 heteroatoms. The smallest absolute Gasteiger partial charge is 0.357 e. The van der Waals surface area contributed by atoms with Gasteiger partial charge in [-0.1, -0.05) is 0 Å². The van der Waals surface area contributed by atoms with Gasteiger partial charge in [0.1, 0.15) is 11.8 Å². The third kappa shape index (κ3) is 2.26. The number of carboxylic acids is 2. The highest BCUT2D eigenvalue weighted by molar-refractivity contribution is 6.99. The molecule has 0 saturated carbocycles. The Kier molecular flexibility index (Phi) is 3.29. The number of rotatable bonds is 4. The van der Waals surface area contributed by atoms with Gasteiger partial charge in [-0.25, -0.2) is 9.59 Å². The van der Waals surface area contributed by atoms with Crippen LogP contribution in [0.3, 0.4) is 0 Å². The van der Waals surface area contributed by atoms with Crippen LogP contribution < -0.4 is 0 Å². The van der Waals surface area contributed by atoms with E-state index in [2.05, 4.69) is 8.75 Å². The normalized spacial score (nSPS) is 14.5. The quantitative estimate of drug-likeness (QED) is 0.504. The molecule has 1 aromatic heterocycles. The van der Waals surface area contributed by atoms with Crippen LogP contribution in [0.4, 0.5) is 0 Å². The maximum atomic E-state index is 10.5. The highest BCUT2D eigenvalue weighted by Gasteiger charge is 2.31. The molecule has 8 nitrogen and oxygen atoms in total. The van der Waals surface area contributed by atoms with Crippen LogP contribution in [-0.2, 0) is 4.79 Å². The highest BCUT2D eigenvalue weighted by atomic mass is 32.1. The average molecular weight is 234 g/mol. The number of aromatic carboxylic acids is 1. The molecule has 1 rings (SSSR count). The number of aliphatic hydroxyl groups excluding tert-OH is 2. The summed E-state index contributed by atoms with van der Waals surface area (Å²) in [7, 11) is 0. The second-order valence-electron chi connectivity index (χ2n) is 2.53. The van der Waals surface area contributed by atoms with Crippen molar-refractivity contribution in [3.05, 3.63) is 11.4 Å². The topological polar surface area (TPSA) is 141 Å². The fourth-order valence-electron chi connectivity index (χ4n) is 0.822. The first-order valence-corrected chi connectivity index (χ1v) is 4.33. The van der Waals surface area contributed by atoms with Gasteiger partial charge in [0.15, 0.2) is 11.8 Å². The molecule has 0 fully saturated rings. The molecule has 0 radical (unpaired) electrons. The minimum atomic E-state index is -2.13. The van der Waals surface area contributed by atoms with Crippen molar-refractivity contribution in [3.63, 3.8) is 0 Å². The lowest BCUT2D eigenvalue weighted by Gasteiger charge is -2.11. The second-order valence-corrected chi connectivity index (χ2v) is 3.06. The van der Waals surface area contributed by atoms with E-state index in [1.807, 2.05) is 0 Å². The molecule has 0 aromatic carbocycles. The summed E-state index contributed by atoms with van der Waals surface area (Å²) in [6, 6.07) is 0. The second kappa shape index (κ2) is 4.29. The molecule has 82 valence electrons. The zero-order chi connectivity index (χ0) is 11.6. The fourth-order valence-corrected chi connectivity index (χ4v) is 1.40. The van der Waals surface area contributed by atoms with Gasteiger partial charge in [0, 0.05) is 0 Å². The van der Waals surface area contributed by atoms with Crippen LogP contribution in [0.1, 0.15) is 22.3 Å². The molecular formula is C6H6N2O6S. The van der Waals surface area contributed by atoms with Crippen LogP contribution in [0, 0.1) is 0 Å². The molecule has 0 unspecified atom stereocenters. The van der Waals surface area contributed by atoms with Gasteiger partial charge in [-0.05, 0) is 0 Å². The monoisotopic (exact) mass is 234 g/mol. The van der Waals surface area contributed by atoms with Crippen molar-refractivity contribution in [2.75, 3.05) is 0 Å². The van der Waals surface area contributed by atoms with Crippen molar-refractivity contribution in [2.45, 2.75) is 12.2 Å². The van der Waals surface area contributed by atoms with Crippen molar-refractivity contribution in [1.29, 1.82) is 0 Å². The van der Waals surface area contributed by atoms with Crippen molar-refractivity contribution in [1.82, 2.24) is 8.75 Å². The highest BCUT2D eigenvalue weighted by Crippen LogP contribution is 2.19. The van der Waals surface area contributed by atoms with Gasteiger partial charge in [0.2, 0.25) is 0 Å².